The molecule has 0 radical (unpaired) electrons. The number of nitrogen functional groups attached to an aromatic ring is 1. The molecule has 1 heterocycles. The van der Waals surface area contributed by atoms with Gasteiger partial charge in [0.2, 0.25) is 0 Å². The van der Waals surface area contributed by atoms with E-state index >= 15 is 0 Å². The Bertz CT molecular complexity index is 594. The minimum Gasteiger partial charge on any atom is -0.491 e. The standard InChI is InChI=1S/C13H18N2O3S/c1-9(2)18-13-6-10(14)5-12(7-13)15-11-3-4-19(16,17)8-11/h3-7,9,11,15H,8,14H2,1-2H3. The predicted octanol–water partition coefficient (Wildman–Crippen LogP) is 1.78. The van der Waals surface area contributed by atoms with Gasteiger partial charge < -0.3 is 15.8 Å². The van der Waals surface area contributed by atoms with Gasteiger partial charge in [0.15, 0.2) is 9.84 Å². The second-order valence-corrected chi connectivity index (χ2v) is 6.80. The Morgan fingerprint density at radius 2 is 2.11 bits per heavy atom. The number of nitrogens with two attached hydrogens (primary N) is 1. The van der Waals surface area contributed by atoms with Crippen LogP contribution in [0, 0.1) is 0 Å². The molecule has 0 aromatic heterocycles. The van der Waals surface area contributed by atoms with Gasteiger partial charge in [-0.25, -0.2) is 8.42 Å². The fraction of sp³-hybridized carbons (Fsp3) is 0.385. The summed E-state index contributed by atoms with van der Waals surface area (Å²) in [4.78, 5) is 0. The van der Waals surface area contributed by atoms with Crippen LogP contribution in [0.4, 0.5) is 11.4 Å². The summed E-state index contributed by atoms with van der Waals surface area (Å²) in [7, 11) is -3.06. The van der Waals surface area contributed by atoms with Crippen molar-refractivity contribution in [2.45, 2.75) is 26.0 Å². The highest BCUT2D eigenvalue weighted by Gasteiger charge is 2.21. The molecule has 19 heavy (non-hydrogen) atoms. The first-order valence-electron chi connectivity index (χ1n) is 6.09. The van der Waals surface area contributed by atoms with E-state index in [1.165, 1.54) is 5.41 Å². The van der Waals surface area contributed by atoms with Gasteiger partial charge in [-0.05, 0) is 19.9 Å². The van der Waals surface area contributed by atoms with Gasteiger partial charge >= 0.3 is 0 Å². The van der Waals surface area contributed by atoms with Crippen molar-refractivity contribution < 1.29 is 13.2 Å². The zero-order valence-corrected chi connectivity index (χ0v) is 11.8. The molecule has 0 aliphatic carbocycles. The molecule has 0 amide bonds. The van der Waals surface area contributed by atoms with Gasteiger partial charge in [0.25, 0.3) is 0 Å². The maximum atomic E-state index is 11.3. The topological polar surface area (TPSA) is 81.4 Å². The number of nitrogens with one attached hydrogen (secondary N) is 1. The van der Waals surface area contributed by atoms with E-state index in [0.717, 1.165) is 5.69 Å². The summed E-state index contributed by atoms with van der Waals surface area (Å²) in [6.45, 7) is 3.87. The molecule has 1 atom stereocenters. The third kappa shape index (κ3) is 3.89. The van der Waals surface area contributed by atoms with Crippen LogP contribution in [-0.4, -0.2) is 26.3 Å². The van der Waals surface area contributed by atoms with E-state index < -0.39 is 9.84 Å². The molecule has 0 saturated heterocycles. The molecule has 3 N–H and O–H groups in total. The van der Waals surface area contributed by atoms with E-state index in [1.807, 2.05) is 19.9 Å². The molecule has 1 aliphatic heterocycles. The van der Waals surface area contributed by atoms with Crippen LogP contribution in [-0.2, 0) is 9.84 Å². The second-order valence-electron chi connectivity index (χ2n) is 4.87. The number of ether oxygens (including phenoxy) is 1. The summed E-state index contributed by atoms with van der Waals surface area (Å²) in [5, 5.41) is 4.36. The normalized spacial score (nSPS) is 20.7. The summed E-state index contributed by atoms with van der Waals surface area (Å²) in [6.07, 6.45) is 1.70. The van der Waals surface area contributed by atoms with E-state index in [2.05, 4.69) is 5.32 Å². The largest absolute Gasteiger partial charge is 0.491 e. The van der Waals surface area contributed by atoms with Gasteiger partial charge in [-0.2, -0.15) is 0 Å². The first-order valence-corrected chi connectivity index (χ1v) is 7.80. The smallest absolute Gasteiger partial charge is 0.173 e. The van der Waals surface area contributed by atoms with Crippen molar-refractivity contribution in [3.8, 4) is 5.75 Å². The molecule has 5 nitrogen and oxygen atoms in total. The van der Waals surface area contributed by atoms with Gasteiger partial charge in [-0.3, -0.25) is 0 Å². The Balaban J connectivity index is 2.13. The lowest BCUT2D eigenvalue weighted by atomic mass is 10.2. The first-order chi connectivity index (χ1) is 8.84. The fourth-order valence-electron chi connectivity index (χ4n) is 1.93. The van der Waals surface area contributed by atoms with Crippen molar-refractivity contribution in [1.29, 1.82) is 0 Å². The molecule has 1 aromatic carbocycles. The van der Waals surface area contributed by atoms with Crippen molar-refractivity contribution in [3.63, 3.8) is 0 Å². The van der Waals surface area contributed by atoms with Gasteiger partial charge in [-0.1, -0.05) is 6.08 Å². The highest BCUT2D eigenvalue weighted by Crippen LogP contribution is 2.25. The summed E-state index contributed by atoms with van der Waals surface area (Å²) < 4.78 is 28.3. The van der Waals surface area contributed by atoms with E-state index in [4.69, 9.17) is 10.5 Å². The zero-order chi connectivity index (χ0) is 14.0. The Labute approximate surface area is 113 Å². The summed E-state index contributed by atoms with van der Waals surface area (Å²) in [6, 6.07) is 5.09. The average Bonchev–Trinajstić information content (AvgIpc) is 2.55. The van der Waals surface area contributed by atoms with Gasteiger partial charge in [0, 0.05) is 28.9 Å². The van der Waals surface area contributed by atoms with Crippen molar-refractivity contribution in [2.75, 3.05) is 16.8 Å². The van der Waals surface area contributed by atoms with Crippen LogP contribution in [0.5, 0.6) is 5.75 Å². The molecule has 1 unspecified atom stereocenters. The Kier molecular flexibility index (Phi) is 3.71. The van der Waals surface area contributed by atoms with Crippen molar-refractivity contribution in [2.24, 2.45) is 0 Å². The molecule has 0 fully saturated rings. The first kappa shape index (κ1) is 13.7. The molecule has 6 heteroatoms. The van der Waals surface area contributed by atoms with Crippen LogP contribution >= 0.6 is 0 Å². The van der Waals surface area contributed by atoms with E-state index in [0.29, 0.717) is 11.4 Å². The van der Waals surface area contributed by atoms with E-state index in [9.17, 15) is 8.42 Å². The van der Waals surface area contributed by atoms with Gasteiger partial charge in [0.05, 0.1) is 17.9 Å². The van der Waals surface area contributed by atoms with Crippen molar-refractivity contribution in [1.82, 2.24) is 0 Å². The quantitative estimate of drug-likeness (QED) is 0.823. The Morgan fingerprint density at radius 3 is 2.68 bits per heavy atom. The monoisotopic (exact) mass is 282 g/mol. The van der Waals surface area contributed by atoms with Crippen LogP contribution < -0.4 is 15.8 Å². The van der Waals surface area contributed by atoms with Crippen LogP contribution in [0.2, 0.25) is 0 Å². The Morgan fingerprint density at radius 1 is 1.37 bits per heavy atom. The summed E-state index contributed by atoms with van der Waals surface area (Å²) in [5.41, 5.74) is 7.13. The number of hydrogen-bond donors (Lipinski definition) is 2. The minimum atomic E-state index is -3.06. The third-order valence-electron chi connectivity index (χ3n) is 2.58. The molecule has 0 spiro atoms. The van der Waals surface area contributed by atoms with Crippen LogP contribution in [0.25, 0.3) is 0 Å². The van der Waals surface area contributed by atoms with Gasteiger partial charge in [-0.15, -0.1) is 0 Å². The SMILES string of the molecule is CC(C)Oc1cc(N)cc(NC2C=CS(=O)(=O)C2)c1. The second kappa shape index (κ2) is 5.13. The zero-order valence-electron chi connectivity index (χ0n) is 11.0. The number of benzene rings is 1. The molecular formula is C13H18N2O3S. The molecule has 1 aliphatic rings. The highest BCUT2D eigenvalue weighted by atomic mass is 32.2. The molecular weight excluding hydrogens is 264 g/mol. The molecule has 0 bridgehead atoms. The van der Waals surface area contributed by atoms with E-state index in [-0.39, 0.29) is 17.9 Å². The molecule has 1 aromatic rings. The molecule has 104 valence electrons. The number of sulfone groups is 1. The third-order valence-corrected chi connectivity index (χ3v) is 3.98. The number of rotatable bonds is 4. The minimum absolute atomic E-state index is 0.0569. The lowest BCUT2D eigenvalue weighted by Gasteiger charge is -2.15. The average molecular weight is 282 g/mol. The summed E-state index contributed by atoms with van der Waals surface area (Å²) in [5.74, 6) is 0.740. The fourth-order valence-corrected chi connectivity index (χ4v) is 3.16. The lowest BCUT2D eigenvalue weighted by Crippen LogP contribution is -2.21. The lowest BCUT2D eigenvalue weighted by molar-refractivity contribution is 0.242. The maximum Gasteiger partial charge on any atom is 0.173 e. The molecule has 2 rings (SSSR count). The van der Waals surface area contributed by atoms with Gasteiger partial charge in [0.1, 0.15) is 5.75 Å². The molecule has 0 saturated carbocycles. The van der Waals surface area contributed by atoms with Crippen LogP contribution in [0.1, 0.15) is 13.8 Å². The predicted molar refractivity (Wildman–Crippen MR) is 77.0 cm³/mol. The Hall–Kier alpha value is -1.69. The van der Waals surface area contributed by atoms with Crippen molar-refractivity contribution in [3.05, 3.63) is 29.7 Å². The van der Waals surface area contributed by atoms with Crippen LogP contribution in [0.3, 0.4) is 0 Å². The van der Waals surface area contributed by atoms with Crippen molar-refractivity contribution >= 4 is 21.2 Å². The summed E-state index contributed by atoms with van der Waals surface area (Å²) >= 11 is 0. The van der Waals surface area contributed by atoms with Crippen LogP contribution in [0.15, 0.2) is 29.7 Å². The highest BCUT2D eigenvalue weighted by molar-refractivity contribution is 7.94. The number of hydrogen-bond acceptors (Lipinski definition) is 5. The van der Waals surface area contributed by atoms with E-state index in [1.54, 1.807) is 18.2 Å². The number of anilines is 2. The maximum absolute atomic E-state index is 11.3.